The summed E-state index contributed by atoms with van der Waals surface area (Å²) in [5, 5.41) is 0.674. The number of rotatable bonds is 1. The van der Waals surface area contributed by atoms with Gasteiger partial charge in [-0.15, -0.1) is 0 Å². The predicted octanol–water partition coefficient (Wildman–Crippen LogP) is 0.430. The van der Waals surface area contributed by atoms with Crippen LogP contribution < -0.4 is 5.73 Å². The highest BCUT2D eigenvalue weighted by molar-refractivity contribution is 5.86. The van der Waals surface area contributed by atoms with Crippen molar-refractivity contribution in [1.82, 2.24) is 5.06 Å². The Morgan fingerprint density at radius 1 is 1.50 bits per heavy atom. The summed E-state index contributed by atoms with van der Waals surface area (Å²) < 4.78 is 36.9. The average molecular weight is 212 g/mol. The molecular weight excluding hydrogens is 201 g/mol. The molecule has 2 N–H and O–H groups in total. The normalized spacial score (nSPS) is 22.2. The summed E-state index contributed by atoms with van der Waals surface area (Å²) in [6, 6.07) is 0. The Morgan fingerprint density at radius 3 is 2.43 bits per heavy atom. The smallest absolute Gasteiger partial charge is 0.310 e. The topological polar surface area (TPSA) is 55.6 Å². The molecule has 0 aromatic carbocycles. The van der Waals surface area contributed by atoms with Crippen LogP contribution in [0.5, 0.6) is 0 Å². The largest absolute Gasteiger partial charge is 0.415 e. The van der Waals surface area contributed by atoms with Crippen LogP contribution in [0.15, 0.2) is 0 Å². The highest BCUT2D eigenvalue weighted by Gasteiger charge is 2.56. The fraction of sp³-hybridized carbons (Fsp3) is 0.857. The lowest BCUT2D eigenvalue weighted by molar-refractivity contribution is -0.214. The molecule has 1 heterocycles. The Bertz CT molecular complexity index is 234. The summed E-state index contributed by atoms with van der Waals surface area (Å²) >= 11 is 0. The maximum atomic E-state index is 12.3. The van der Waals surface area contributed by atoms with E-state index in [1.54, 1.807) is 0 Å². The molecule has 1 saturated heterocycles. The molecule has 0 aliphatic carbocycles. The van der Waals surface area contributed by atoms with Crippen LogP contribution >= 0.6 is 0 Å². The molecule has 0 saturated carbocycles. The maximum Gasteiger partial charge on any atom is 0.415 e. The van der Waals surface area contributed by atoms with Crippen LogP contribution in [0.25, 0.3) is 0 Å². The van der Waals surface area contributed by atoms with Crippen LogP contribution in [-0.4, -0.2) is 35.8 Å². The van der Waals surface area contributed by atoms with E-state index in [0.717, 1.165) is 0 Å². The third-order valence-corrected chi connectivity index (χ3v) is 2.01. The Kier molecular flexibility index (Phi) is 2.73. The van der Waals surface area contributed by atoms with E-state index in [1.807, 2.05) is 0 Å². The molecular formula is C7H11F3N2O2. The lowest BCUT2D eigenvalue weighted by Gasteiger charge is -2.29. The number of hydrogen-bond donors (Lipinski definition) is 1. The molecule has 0 aromatic heterocycles. The third kappa shape index (κ3) is 1.83. The minimum Gasteiger partial charge on any atom is -0.310 e. The molecule has 7 heteroatoms. The van der Waals surface area contributed by atoms with E-state index in [9.17, 15) is 18.0 Å². The van der Waals surface area contributed by atoms with E-state index in [-0.39, 0.29) is 13.2 Å². The van der Waals surface area contributed by atoms with E-state index in [0.29, 0.717) is 18.4 Å². The molecule has 0 spiro atoms. The van der Waals surface area contributed by atoms with Crippen LogP contribution in [0.1, 0.15) is 13.3 Å². The standard InChI is InChI=1S/C7H11F3N2O2/c1-6(11,7(8,9)10)5(13)12-3-2-4-14-12/h2-4,11H2,1H3. The second-order valence-electron chi connectivity index (χ2n) is 3.29. The molecule has 14 heavy (non-hydrogen) atoms. The van der Waals surface area contributed by atoms with Crippen LogP contribution in [0, 0.1) is 0 Å². The minimum atomic E-state index is -4.77. The molecule has 0 radical (unpaired) electrons. The van der Waals surface area contributed by atoms with Gasteiger partial charge in [-0.25, -0.2) is 5.06 Å². The van der Waals surface area contributed by atoms with Crippen LogP contribution in [0.2, 0.25) is 0 Å². The van der Waals surface area contributed by atoms with Gasteiger partial charge in [0.1, 0.15) is 0 Å². The van der Waals surface area contributed by atoms with Gasteiger partial charge in [0.15, 0.2) is 5.54 Å². The number of alkyl halides is 3. The maximum absolute atomic E-state index is 12.3. The van der Waals surface area contributed by atoms with E-state index >= 15 is 0 Å². The van der Waals surface area contributed by atoms with Gasteiger partial charge >= 0.3 is 6.18 Å². The van der Waals surface area contributed by atoms with E-state index < -0.39 is 17.6 Å². The molecule has 0 aromatic rings. The van der Waals surface area contributed by atoms with Crippen molar-refractivity contribution >= 4 is 5.91 Å². The van der Waals surface area contributed by atoms with Crippen molar-refractivity contribution in [2.75, 3.05) is 13.2 Å². The second-order valence-corrected chi connectivity index (χ2v) is 3.29. The van der Waals surface area contributed by atoms with Crippen molar-refractivity contribution < 1.29 is 22.8 Å². The minimum absolute atomic E-state index is 0.154. The quantitative estimate of drug-likeness (QED) is 0.685. The van der Waals surface area contributed by atoms with Crippen molar-refractivity contribution in [2.24, 2.45) is 5.73 Å². The molecule has 0 bridgehead atoms. The van der Waals surface area contributed by atoms with Gasteiger partial charge in [-0.3, -0.25) is 9.63 Å². The first-order valence-corrected chi connectivity index (χ1v) is 4.07. The predicted molar refractivity (Wildman–Crippen MR) is 40.9 cm³/mol. The summed E-state index contributed by atoms with van der Waals surface area (Å²) in [5.41, 5.74) is 2.04. The van der Waals surface area contributed by atoms with Crippen LogP contribution in [-0.2, 0) is 9.63 Å². The lowest BCUT2D eigenvalue weighted by atomic mass is 10.0. The number of hydroxylamine groups is 2. The van der Waals surface area contributed by atoms with Gasteiger partial charge in [-0.2, -0.15) is 13.2 Å². The molecule has 4 nitrogen and oxygen atoms in total. The fourth-order valence-electron chi connectivity index (χ4n) is 0.988. The van der Waals surface area contributed by atoms with Gasteiger partial charge in [0.2, 0.25) is 0 Å². The van der Waals surface area contributed by atoms with Gasteiger partial charge < -0.3 is 5.73 Å². The molecule has 1 aliphatic heterocycles. The van der Waals surface area contributed by atoms with Gasteiger partial charge in [0, 0.05) is 0 Å². The summed E-state index contributed by atoms with van der Waals surface area (Å²) in [5.74, 6) is -1.25. The zero-order valence-corrected chi connectivity index (χ0v) is 7.60. The Labute approximate surface area is 78.7 Å². The monoisotopic (exact) mass is 212 g/mol. The highest BCUT2D eigenvalue weighted by Crippen LogP contribution is 2.30. The number of hydrogen-bond acceptors (Lipinski definition) is 3. The molecule has 82 valence electrons. The van der Waals surface area contributed by atoms with Gasteiger partial charge in [-0.05, 0) is 13.3 Å². The molecule has 1 unspecified atom stereocenters. The SMILES string of the molecule is CC(N)(C(=O)N1CCCO1)C(F)(F)F. The average Bonchev–Trinajstić information content (AvgIpc) is 2.52. The first-order valence-electron chi connectivity index (χ1n) is 4.07. The van der Waals surface area contributed by atoms with Crippen LogP contribution in [0.4, 0.5) is 13.2 Å². The van der Waals surface area contributed by atoms with Gasteiger partial charge in [0.25, 0.3) is 5.91 Å². The zero-order valence-electron chi connectivity index (χ0n) is 7.60. The number of amides is 1. The number of nitrogens with zero attached hydrogens (tertiary/aromatic N) is 1. The number of nitrogens with two attached hydrogens (primary N) is 1. The van der Waals surface area contributed by atoms with Crippen molar-refractivity contribution in [3.8, 4) is 0 Å². The van der Waals surface area contributed by atoms with Crippen molar-refractivity contribution in [2.45, 2.75) is 25.1 Å². The van der Waals surface area contributed by atoms with Crippen LogP contribution in [0.3, 0.4) is 0 Å². The number of carbonyl (C=O) groups excluding carboxylic acids is 1. The third-order valence-electron chi connectivity index (χ3n) is 2.01. The van der Waals surface area contributed by atoms with E-state index in [2.05, 4.69) is 0 Å². The number of halogens is 3. The lowest BCUT2D eigenvalue weighted by Crippen LogP contribution is -2.61. The highest BCUT2D eigenvalue weighted by atomic mass is 19.4. The van der Waals surface area contributed by atoms with Gasteiger partial charge in [0.05, 0.1) is 13.2 Å². The molecule has 1 amide bonds. The first-order chi connectivity index (χ1) is 6.27. The Balaban J connectivity index is 2.76. The van der Waals surface area contributed by atoms with E-state index in [1.165, 1.54) is 0 Å². The molecule has 1 aliphatic rings. The second kappa shape index (κ2) is 3.39. The summed E-state index contributed by atoms with van der Waals surface area (Å²) in [6.45, 7) is 1.04. The van der Waals surface area contributed by atoms with Crippen molar-refractivity contribution in [3.63, 3.8) is 0 Å². The van der Waals surface area contributed by atoms with Crippen molar-refractivity contribution in [1.29, 1.82) is 0 Å². The summed E-state index contributed by atoms with van der Waals surface area (Å²) in [6.07, 6.45) is -4.24. The van der Waals surface area contributed by atoms with Crippen molar-refractivity contribution in [3.05, 3.63) is 0 Å². The zero-order chi connectivity index (χ0) is 11.0. The first kappa shape index (κ1) is 11.3. The summed E-state index contributed by atoms with van der Waals surface area (Å²) in [7, 11) is 0. The molecule has 1 rings (SSSR count). The summed E-state index contributed by atoms with van der Waals surface area (Å²) in [4.78, 5) is 16.0. The molecule has 1 atom stereocenters. The Hall–Kier alpha value is -0.820. The number of carbonyl (C=O) groups is 1. The molecule has 1 fully saturated rings. The van der Waals surface area contributed by atoms with Gasteiger partial charge in [-0.1, -0.05) is 0 Å². The Morgan fingerprint density at radius 2 is 2.07 bits per heavy atom. The fourth-order valence-corrected chi connectivity index (χ4v) is 0.988. The van der Waals surface area contributed by atoms with E-state index in [4.69, 9.17) is 10.6 Å².